The van der Waals surface area contributed by atoms with Gasteiger partial charge in [0, 0.05) is 0 Å². The number of rotatable bonds is 9. The summed E-state index contributed by atoms with van der Waals surface area (Å²) in [7, 11) is 0. The van der Waals surface area contributed by atoms with Crippen LogP contribution >= 0.6 is 0 Å². The van der Waals surface area contributed by atoms with Gasteiger partial charge in [0.05, 0.1) is 25.9 Å². The van der Waals surface area contributed by atoms with Gasteiger partial charge in [-0.3, -0.25) is 0 Å². The van der Waals surface area contributed by atoms with Gasteiger partial charge < -0.3 is 24.1 Å². The van der Waals surface area contributed by atoms with E-state index in [0.29, 0.717) is 19.8 Å². The predicted octanol–water partition coefficient (Wildman–Crippen LogP) is 3.47. The number of aliphatic hydroxyl groups excluding tert-OH is 1. The van der Waals surface area contributed by atoms with E-state index in [1.54, 1.807) is 6.08 Å². The van der Waals surface area contributed by atoms with E-state index in [9.17, 15) is 5.11 Å². The van der Waals surface area contributed by atoms with Crippen LogP contribution in [0.3, 0.4) is 0 Å². The van der Waals surface area contributed by atoms with Crippen LogP contribution in [0.25, 0.3) is 0 Å². The first-order valence-electron chi connectivity index (χ1n) is 9.56. The normalized spacial score (nSPS) is 27.4. The second-order valence-corrected chi connectivity index (χ2v) is 6.84. The predicted molar refractivity (Wildman–Crippen MR) is 107 cm³/mol. The molecular weight excluding hydrogens is 356 g/mol. The van der Waals surface area contributed by atoms with E-state index < -0.39 is 18.5 Å². The molecule has 1 heterocycles. The second-order valence-electron chi connectivity index (χ2n) is 6.84. The Bertz CT molecular complexity index is 650. The summed E-state index contributed by atoms with van der Waals surface area (Å²) in [6, 6.07) is 19.7. The summed E-state index contributed by atoms with van der Waals surface area (Å²) in [5.74, 6) is 0. The van der Waals surface area contributed by atoms with Crippen LogP contribution in [0, 0.1) is 0 Å². The van der Waals surface area contributed by atoms with E-state index in [1.165, 1.54) is 0 Å². The van der Waals surface area contributed by atoms with Crippen molar-refractivity contribution in [2.24, 2.45) is 0 Å². The van der Waals surface area contributed by atoms with Gasteiger partial charge >= 0.3 is 0 Å². The molecule has 5 atom stereocenters. The molecule has 1 aliphatic rings. The molecule has 5 nitrogen and oxygen atoms in total. The topological polar surface area (TPSA) is 57.2 Å². The zero-order valence-electron chi connectivity index (χ0n) is 16.1. The Hall–Kier alpha value is -2.02. The van der Waals surface area contributed by atoms with E-state index in [1.807, 2.05) is 67.6 Å². The monoisotopic (exact) mass is 384 g/mol. The fourth-order valence-corrected chi connectivity index (χ4v) is 3.30. The summed E-state index contributed by atoms with van der Waals surface area (Å²) < 4.78 is 23.8. The van der Waals surface area contributed by atoms with Gasteiger partial charge in [0.1, 0.15) is 18.3 Å². The average molecular weight is 384 g/mol. The van der Waals surface area contributed by atoms with E-state index in [4.69, 9.17) is 18.9 Å². The zero-order chi connectivity index (χ0) is 19.8. The molecule has 0 bridgehead atoms. The highest BCUT2D eigenvalue weighted by Crippen LogP contribution is 2.28. The van der Waals surface area contributed by atoms with Crippen molar-refractivity contribution in [3.8, 4) is 0 Å². The minimum atomic E-state index is -1.09. The summed E-state index contributed by atoms with van der Waals surface area (Å²) in [4.78, 5) is 0. The van der Waals surface area contributed by atoms with Crippen molar-refractivity contribution in [3.63, 3.8) is 0 Å². The quantitative estimate of drug-likeness (QED) is 0.671. The summed E-state index contributed by atoms with van der Waals surface area (Å²) in [6.45, 7) is 6.70. The first kappa shape index (κ1) is 20.7. The minimum absolute atomic E-state index is 0.334. The van der Waals surface area contributed by atoms with E-state index >= 15 is 0 Å². The van der Waals surface area contributed by atoms with Gasteiger partial charge in [-0.15, -0.1) is 6.58 Å². The van der Waals surface area contributed by atoms with Crippen LogP contribution in [0.2, 0.25) is 0 Å². The highest BCUT2D eigenvalue weighted by Gasteiger charge is 2.46. The summed E-state index contributed by atoms with van der Waals surface area (Å²) >= 11 is 0. The van der Waals surface area contributed by atoms with Crippen molar-refractivity contribution >= 4 is 0 Å². The SMILES string of the molecule is C=CCO[C@H]1[C@H](OCc2ccccc2)[C@@H](C)O[C@H](O)[C@H]1OCc1ccccc1. The Morgan fingerprint density at radius 3 is 1.93 bits per heavy atom. The molecule has 0 unspecified atom stereocenters. The van der Waals surface area contributed by atoms with Crippen molar-refractivity contribution < 1.29 is 24.1 Å². The average Bonchev–Trinajstić information content (AvgIpc) is 2.72. The van der Waals surface area contributed by atoms with Crippen LogP contribution < -0.4 is 0 Å². The van der Waals surface area contributed by atoms with E-state index in [2.05, 4.69) is 6.58 Å². The molecule has 2 aromatic rings. The van der Waals surface area contributed by atoms with E-state index in [0.717, 1.165) is 11.1 Å². The van der Waals surface area contributed by atoms with Crippen LogP contribution in [0.15, 0.2) is 73.3 Å². The molecule has 28 heavy (non-hydrogen) atoms. The molecule has 0 radical (unpaired) electrons. The smallest absolute Gasteiger partial charge is 0.184 e. The van der Waals surface area contributed by atoms with Crippen molar-refractivity contribution in [2.75, 3.05) is 6.61 Å². The molecule has 2 aromatic carbocycles. The largest absolute Gasteiger partial charge is 0.368 e. The molecular formula is C23H28O5. The van der Waals surface area contributed by atoms with Gasteiger partial charge in [0.15, 0.2) is 6.29 Å². The molecule has 0 amide bonds. The summed E-state index contributed by atoms with van der Waals surface area (Å²) in [6.07, 6.45) is -1.30. The molecule has 1 aliphatic heterocycles. The molecule has 0 aromatic heterocycles. The number of aliphatic hydroxyl groups is 1. The standard InChI is InChI=1S/C23H28O5/c1-3-14-25-21-20(26-15-18-10-6-4-7-11-18)17(2)28-23(24)22(21)27-16-19-12-8-5-9-13-19/h3-13,17,20-24H,1,14-16H2,2H3/t17-,20-,21+,22+,23+/m1/s1. The molecule has 3 rings (SSSR count). The van der Waals surface area contributed by atoms with Gasteiger partial charge in [-0.05, 0) is 18.1 Å². The van der Waals surface area contributed by atoms with Gasteiger partial charge in [-0.2, -0.15) is 0 Å². The fourth-order valence-electron chi connectivity index (χ4n) is 3.30. The van der Waals surface area contributed by atoms with Crippen LogP contribution in [-0.2, 0) is 32.2 Å². The third-order valence-electron chi connectivity index (χ3n) is 4.72. The third-order valence-corrected chi connectivity index (χ3v) is 4.72. The number of ether oxygens (including phenoxy) is 4. The lowest BCUT2D eigenvalue weighted by molar-refractivity contribution is -0.305. The van der Waals surface area contributed by atoms with E-state index in [-0.39, 0.29) is 12.2 Å². The van der Waals surface area contributed by atoms with Crippen LogP contribution in [-0.4, -0.2) is 42.4 Å². The Morgan fingerprint density at radius 2 is 1.39 bits per heavy atom. The van der Waals surface area contributed by atoms with Crippen molar-refractivity contribution in [1.82, 2.24) is 0 Å². The highest BCUT2D eigenvalue weighted by atomic mass is 16.7. The molecule has 1 saturated heterocycles. The molecule has 0 saturated carbocycles. The van der Waals surface area contributed by atoms with Crippen LogP contribution in [0.5, 0.6) is 0 Å². The van der Waals surface area contributed by atoms with Gasteiger partial charge in [-0.1, -0.05) is 66.7 Å². The van der Waals surface area contributed by atoms with Crippen molar-refractivity contribution in [1.29, 1.82) is 0 Å². The lowest BCUT2D eigenvalue weighted by Crippen LogP contribution is -2.59. The zero-order valence-corrected chi connectivity index (χ0v) is 16.1. The highest BCUT2D eigenvalue weighted by molar-refractivity contribution is 5.14. The first-order chi connectivity index (χ1) is 13.7. The first-order valence-corrected chi connectivity index (χ1v) is 9.56. The van der Waals surface area contributed by atoms with Crippen molar-refractivity contribution in [3.05, 3.63) is 84.4 Å². The van der Waals surface area contributed by atoms with Gasteiger partial charge in [0.25, 0.3) is 0 Å². The fraction of sp³-hybridized carbons (Fsp3) is 0.391. The molecule has 150 valence electrons. The van der Waals surface area contributed by atoms with Crippen LogP contribution in [0.4, 0.5) is 0 Å². The Balaban J connectivity index is 1.71. The number of hydrogen-bond donors (Lipinski definition) is 1. The van der Waals surface area contributed by atoms with Gasteiger partial charge in [-0.25, -0.2) is 0 Å². The molecule has 1 fully saturated rings. The summed E-state index contributed by atoms with van der Waals surface area (Å²) in [5, 5.41) is 10.5. The maximum atomic E-state index is 10.5. The Morgan fingerprint density at radius 1 is 0.857 bits per heavy atom. The van der Waals surface area contributed by atoms with Crippen molar-refractivity contribution in [2.45, 2.75) is 50.8 Å². The van der Waals surface area contributed by atoms with Gasteiger partial charge in [0.2, 0.25) is 0 Å². The third kappa shape index (κ3) is 5.50. The van der Waals surface area contributed by atoms with Crippen LogP contribution in [0.1, 0.15) is 18.1 Å². The minimum Gasteiger partial charge on any atom is -0.368 e. The lowest BCUT2D eigenvalue weighted by atomic mass is 9.99. The molecule has 1 N–H and O–H groups in total. The molecule has 5 heteroatoms. The Kier molecular flexibility index (Phi) is 7.77. The second kappa shape index (κ2) is 10.5. The number of hydrogen-bond acceptors (Lipinski definition) is 5. The lowest BCUT2D eigenvalue weighted by Gasteiger charge is -2.43. The Labute approximate surface area is 166 Å². The maximum absolute atomic E-state index is 10.5. The summed E-state index contributed by atoms with van der Waals surface area (Å²) in [5.41, 5.74) is 2.07. The molecule has 0 spiro atoms. The molecule has 0 aliphatic carbocycles. The maximum Gasteiger partial charge on any atom is 0.184 e. The number of benzene rings is 2.